The van der Waals surface area contributed by atoms with E-state index >= 15 is 0 Å². The largest absolute Gasteiger partial charge is 0.497 e. The molecule has 3 fully saturated rings. The predicted molar refractivity (Wildman–Crippen MR) is 191 cm³/mol. The van der Waals surface area contributed by atoms with Gasteiger partial charge in [-0.05, 0) is 101 Å². The van der Waals surface area contributed by atoms with E-state index in [2.05, 4.69) is 19.8 Å². The minimum absolute atomic E-state index is 0.00415. The Balaban J connectivity index is 1.00. The van der Waals surface area contributed by atoms with Gasteiger partial charge in [0.2, 0.25) is 0 Å². The van der Waals surface area contributed by atoms with Crippen LogP contribution >= 0.6 is 0 Å². The number of nitrogens with zero attached hydrogens (tertiary/aromatic N) is 7. The van der Waals surface area contributed by atoms with Crippen molar-refractivity contribution >= 4 is 23.1 Å². The van der Waals surface area contributed by atoms with Gasteiger partial charge in [-0.2, -0.15) is 0 Å². The van der Waals surface area contributed by atoms with Gasteiger partial charge >= 0.3 is 11.8 Å². The number of likely N-dealkylation sites (tertiary alicyclic amines) is 3. The standard InChI is InChI=1S/C37H48N8O5/c1-24-20-27(6-11-31(24)49-30-9-7-29(48-5)8-10-30)44-32-33(38)39-23-40-34(32)45(35(44)46)26-14-18-41(19-15-26)25-12-16-42(17-13-25)28-21-43(22-28)36(47)50-37(2,3)4/h6-11,20,23,25-26,28H,12-19,21-22H2,1-5H3,(H2,38,39,40). The molecule has 0 unspecified atom stereocenters. The maximum atomic E-state index is 14.2. The smallest absolute Gasteiger partial charge is 0.410 e. The van der Waals surface area contributed by atoms with E-state index in [0.717, 1.165) is 76.3 Å². The molecule has 3 aliphatic rings. The molecule has 50 heavy (non-hydrogen) atoms. The van der Waals surface area contributed by atoms with Crippen LogP contribution in [0.4, 0.5) is 10.6 Å². The maximum absolute atomic E-state index is 14.2. The van der Waals surface area contributed by atoms with Gasteiger partial charge in [0.1, 0.15) is 34.7 Å². The molecule has 0 radical (unpaired) electrons. The van der Waals surface area contributed by atoms with Crippen LogP contribution < -0.4 is 20.9 Å². The molecule has 1 amide bonds. The highest BCUT2D eigenvalue weighted by Crippen LogP contribution is 2.33. The number of nitrogen functional groups attached to an aromatic ring is 1. The van der Waals surface area contributed by atoms with E-state index < -0.39 is 5.60 Å². The van der Waals surface area contributed by atoms with Crippen LogP contribution in [-0.4, -0.2) is 104 Å². The second-order valence-corrected chi connectivity index (χ2v) is 14.7. The molecule has 0 saturated carbocycles. The molecule has 3 aliphatic heterocycles. The van der Waals surface area contributed by atoms with Crippen LogP contribution in [-0.2, 0) is 4.74 Å². The Bertz CT molecular complexity index is 1890. The van der Waals surface area contributed by atoms with E-state index in [9.17, 15) is 9.59 Å². The molecule has 13 heteroatoms. The highest BCUT2D eigenvalue weighted by molar-refractivity contribution is 5.84. The quantitative estimate of drug-likeness (QED) is 0.284. The molecule has 2 aromatic carbocycles. The predicted octanol–water partition coefficient (Wildman–Crippen LogP) is 4.99. The molecule has 0 aliphatic carbocycles. The first-order chi connectivity index (χ1) is 24.0. The van der Waals surface area contributed by atoms with Crippen molar-refractivity contribution in [2.75, 3.05) is 52.1 Å². The summed E-state index contributed by atoms with van der Waals surface area (Å²) in [5.74, 6) is 2.40. The highest BCUT2D eigenvalue weighted by atomic mass is 16.6. The summed E-state index contributed by atoms with van der Waals surface area (Å²) in [7, 11) is 1.63. The van der Waals surface area contributed by atoms with Crippen LogP contribution in [0, 0.1) is 6.92 Å². The van der Waals surface area contributed by atoms with E-state index in [1.165, 1.54) is 6.33 Å². The summed E-state index contributed by atoms with van der Waals surface area (Å²) in [5, 5.41) is 0. The van der Waals surface area contributed by atoms with Gasteiger partial charge in [0.25, 0.3) is 0 Å². The number of anilines is 1. The summed E-state index contributed by atoms with van der Waals surface area (Å²) < 4.78 is 20.4. The van der Waals surface area contributed by atoms with E-state index in [-0.39, 0.29) is 23.6 Å². The number of aryl methyl sites for hydroxylation is 1. The zero-order chi connectivity index (χ0) is 35.2. The molecule has 266 valence electrons. The molecule has 0 bridgehead atoms. The van der Waals surface area contributed by atoms with Crippen molar-refractivity contribution in [2.24, 2.45) is 0 Å². The fourth-order valence-corrected chi connectivity index (χ4v) is 7.58. The van der Waals surface area contributed by atoms with Gasteiger partial charge < -0.3 is 29.7 Å². The monoisotopic (exact) mass is 684 g/mol. The van der Waals surface area contributed by atoms with Gasteiger partial charge in [-0.1, -0.05) is 0 Å². The molecule has 0 spiro atoms. The fraction of sp³-hybridized carbons (Fsp3) is 0.514. The fourth-order valence-electron chi connectivity index (χ4n) is 7.58. The Morgan fingerprint density at radius 2 is 1.48 bits per heavy atom. The molecule has 5 heterocycles. The molecule has 0 atom stereocenters. The van der Waals surface area contributed by atoms with Crippen LogP contribution in [0.5, 0.6) is 17.2 Å². The number of amides is 1. The van der Waals surface area contributed by atoms with E-state index in [4.69, 9.17) is 19.9 Å². The zero-order valence-electron chi connectivity index (χ0n) is 29.7. The minimum Gasteiger partial charge on any atom is -0.497 e. The number of rotatable bonds is 7. The summed E-state index contributed by atoms with van der Waals surface area (Å²) in [4.78, 5) is 42.4. The van der Waals surface area contributed by atoms with Crippen molar-refractivity contribution in [3.05, 3.63) is 64.8 Å². The molecule has 3 saturated heterocycles. The number of hydrogen-bond acceptors (Lipinski definition) is 10. The molecular weight excluding hydrogens is 636 g/mol. The van der Waals surface area contributed by atoms with Crippen molar-refractivity contribution in [1.29, 1.82) is 0 Å². The third-order valence-corrected chi connectivity index (χ3v) is 10.3. The molecular formula is C37H48N8O5. The molecule has 2 aromatic heterocycles. The van der Waals surface area contributed by atoms with Crippen LogP contribution in [0.1, 0.15) is 58.1 Å². The number of nitrogens with two attached hydrogens (primary N) is 1. The SMILES string of the molecule is COc1ccc(Oc2ccc(-n3c(=O)n(C4CCN(C5CCN(C6CN(C(=O)OC(C)(C)C)C6)CC5)CC4)c4ncnc(N)c43)cc2C)cc1. The summed E-state index contributed by atoms with van der Waals surface area (Å²) in [6.45, 7) is 13.0. The second-order valence-electron chi connectivity index (χ2n) is 14.7. The Kier molecular flexibility index (Phi) is 9.21. The van der Waals surface area contributed by atoms with Crippen LogP contribution in [0.3, 0.4) is 0 Å². The number of carbonyl (C=O) groups excluding carboxylic acids is 1. The lowest BCUT2D eigenvalue weighted by Gasteiger charge is -2.49. The van der Waals surface area contributed by atoms with Crippen molar-refractivity contribution in [2.45, 2.75) is 77.1 Å². The summed E-state index contributed by atoms with van der Waals surface area (Å²) in [5.41, 5.74) is 8.43. The van der Waals surface area contributed by atoms with Gasteiger partial charge in [0.05, 0.1) is 12.8 Å². The molecule has 2 N–H and O–H groups in total. The third-order valence-electron chi connectivity index (χ3n) is 10.3. The molecule has 4 aromatic rings. The molecule has 13 nitrogen and oxygen atoms in total. The van der Waals surface area contributed by atoms with E-state index in [1.807, 2.05) is 74.7 Å². The number of methoxy groups -OCH3 is 1. The summed E-state index contributed by atoms with van der Waals surface area (Å²) in [6.07, 6.45) is 5.13. The third kappa shape index (κ3) is 6.76. The van der Waals surface area contributed by atoms with Crippen molar-refractivity contribution in [3.63, 3.8) is 0 Å². The van der Waals surface area contributed by atoms with Gasteiger partial charge in [-0.3, -0.25) is 14.0 Å². The Morgan fingerprint density at radius 1 is 0.860 bits per heavy atom. The minimum atomic E-state index is -0.472. The maximum Gasteiger partial charge on any atom is 0.410 e. The first kappa shape index (κ1) is 33.9. The van der Waals surface area contributed by atoms with Crippen molar-refractivity contribution in [3.8, 4) is 22.9 Å². The normalized spacial score (nSPS) is 18.7. The van der Waals surface area contributed by atoms with Crippen LogP contribution in [0.15, 0.2) is 53.6 Å². The second kappa shape index (κ2) is 13.6. The van der Waals surface area contributed by atoms with Gasteiger partial charge in [0.15, 0.2) is 11.5 Å². The van der Waals surface area contributed by atoms with Gasteiger partial charge in [-0.25, -0.2) is 19.6 Å². The number of benzene rings is 2. The number of hydrogen-bond donors (Lipinski definition) is 1. The van der Waals surface area contributed by atoms with E-state index in [1.54, 1.807) is 16.6 Å². The van der Waals surface area contributed by atoms with Crippen LogP contribution in [0.25, 0.3) is 16.9 Å². The number of aromatic nitrogens is 4. The summed E-state index contributed by atoms with van der Waals surface area (Å²) >= 11 is 0. The van der Waals surface area contributed by atoms with Crippen LogP contribution in [0.2, 0.25) is 0 Å². The first-order valence-corrected chi connectivity index (χ1v) is 17.6. The number of piperidine rings is 2. The topological polar surface area (TPSA) is 133 Å². The Hall–Kier alpha value is -4.62. The van der Waals surface area contributed by atoms with Crippen molar-refractivity contribution in [1.82, 2.24) is 33.8 Å². The van der Waals surface area contributed by atoms with Gasteiger partial charge in [-0.15, -0.1) is 0 Å². The highest BCUT2D eigenvalue weighted by Gasteiger charge is 2.39. The number of imidazole rings is 1. The molecule has 7 rings (SSSR count). The average Bonchev–Trinajstić information content (AvgIpc) is 3.37. The Morgan fingerprint density at radius 3 is 2.10 bits per heavy atom. The average molecular weight is 685 g/mol. The lowest BCUT2D eigenvalue weighted by molar-refractivity contribution is -0.0258. The number of fused-ring (bicyclic) bond motifs is 1. The number of carbonyl (C=O) groups is 1. The first-order valence-electron chi connectivity index (χ1n) is 17.6. The Labute approximate surface area is 292 Å². The van der Waals surface area contributed by atoms with Gasteiger partial charge in [0, 0.05) is 57.4 Å². The van der Waals surface area contributed by atoms with Crippen molar-refractivity contribution < 1.29 is 19.0 Å². The van der Waals surface area contributed by atoms with E-state index in [0.29, 0.717) is 40.4 Å². The lowest BCUT2D eigenvalue weighted by atomic mass is 9.95. The summed E-state index contributed by atoms with van der Waals surface area (Å²) in [6, 6.07) is 14.0. The lowest BCUT2D eigenvalue weighted by Crippen LogP contribution is -2.63. The zero-order valence-corrected chi connectivity index (χ0v) is 29.7. The number of ether oxygens (including phenoxy) is 3.